The number of anilines is 1. The molecule has 2 aromatic carbocycles. The number of hydrogen-bond donors (Lipinski definition) is 2. The maximum atomic E-state index is 12.6. The van der Waals surface area contributed by atoms with Gasteiger partial charge in [0.25, 0.3) is 0 Å². The minimum atomic E-state index is -0.370. The van der Waals surface area contributed by atoms with Crippen LogP contribution in [0.25, 0.3) is 0 Å². The molecule has 0 aliphatic heterocycles. The molecular formula is C21H23N3OS. The Morgan fingerprint density at radius 3 is 1.96 bits per heavy atom. The van der Waals surface area contributed by atoms with Crippen LogP contribution in [0.3, 0.4) is 0 Å². The van der Waals surface area contributed by atoms with Gasteiger partial charge in [0.15, 0.2) is 5.13 Å². The van der Waals surface area contributed by atoms with Gasteiger partial charge in [0, 0.05) is 4.88 Å². The third-order valence-electron chi connectivity index (χ3n) is 4.33. The van der Waals surface area contributed by atoms with Crippen LogP contribution in [0.2, 0.25) is 0 Å². The SMILES string of the molecule is Cc1nc(NC(=O)C(C)NC(c2ccccc2)c2ccccc2)sc1C. The van der Waals surface area contributed by atoms with Crippen molar-refractivity contribution in [1.82, 2.24) is 10.3 Å². The van der Waals surface area contributed by atoms with Gasteiger partial charge in [-0.25, -0.2) is 4.98 Å². The molecule has 5 heteroatoms. The first-order valence-corrected chi connectivity index (χ1v) is 9.47. The Morgan fingerprint density at radius 1 is 0.962 bits per heavy atom. The topological polar surface area (TPSA) is 54.0 Å². The van der Waals surface area contributed by atoms with Gasteiger partial charge >= 0.3 is 0 Å². The number of nitrogens with one attached hydrogen (secondary N) is 2. The van der Waals surface area contributed by atoms with Crippen LogP contribution in [0, 0.1) is 13.8 Å². The van der Waals surface area contributed by atoms with Gasteiger partial charge in [-0.05, 0) is 31.9 Å². The number of thiazole rings is 1. The highest BCUT2D eigenvalue weighted by atomic mass is 32.1. The highest BCUT2D eigenvalue weighted by Crippen LogP contribution is 2.24. The van der Waals surface area contributed by atoms with Gasteiger partial charge < -0.3 is 5.32 Å². The molecule has 4 nitrogen and oxygen atoms in total. The Kier molecular flexibility index (Phi) is 5.81. The van der Waals surface area contributed by atoms with Crippen LogP contribution >= 0.6 is 11.3 Å². The molecule has 1 atom stereocenters. The van der Waals surface area contributed by atoms with Gasteiger partial charge in [0.05, 0.1) is 17.8 Å². The lowest BCUT2D eigenvalue weighted by molar-refractivity contribution is -0.117. The summed E-state index contributed by atoms with van der Waals surface area (Å²) in [6, 6.07) is 19.9. The van der Waals surface area contributed by atoms with Crippen molar-refractivity contribution >= 4 is 22.4 Å². The van der Waals surface area contributed by atoms with E-state index in [4.69, 9.17) is 0 Å². The summed E-state index contributed by atoms with van der Waals surface area (Å²) in [7, 11) is 0. The van der Waals surface area contributed by atoms with Crippen molar-refractivity contribution in [3.63, 3.8) is 0 Å². The van der Waals surface area contributed by atoms with Crippen molar-refractivity contribution in [3.8, 4) is 0 Å². The average Bonchev–Trinajstić information content (AvgIpc) is 2.98. The van der Waals surface area contributed by atoms with Crippen molar-refractivity contribution in [3.05, 3.63) is 82.4 Å². The third-order valence-corrected chi connectivity index (χ3v) is 5.32. The lowest BCUT2D eigenvalue weighted by Crippen LogP contribution is -2.40. The van der Waals surface area contributed by atoms with Crippen molar-refractivity contribution in [2.75, 3.05) is 5.32 Å². The van der Waals surface area contributed by atoms with E-state index in [0.29, 0.717) is 5.13 Å². The lowest BCUT2D eigenvalue weighted by atomic mass is 9.98. The van der Waals surface area contributed by atoms with E-state index in [9.17, 15) is 4.79 Å². The van der Waals surface area contributed by atoms with E-state index in [0.717, 1.165) is 21.7 Å². The number of aromatic nitrogens is 1. The average molecular weight is 366 g/mol. The highest BCUT2D eigenvalue weighted by Gasteiger charge is 2.21. The molecule has 0 radical (unpaired) electrons. The largest absolute Gasteiger partial charge is 0.301 e. The molecule has 134 valence electrons. The Hall–Kier alpha value is -2.50. The monoisotopic (exact) mass is 365 g/mol. The molecule has 26 heavy (non-hydrogen) atoms. The molecule has 1 aromatic heterocycles. The fraction of sp³-hybridized carbons (Fsp3) is 0.238. The number of rotatable bonds is 6. The molecule has 3 aromatic rings. The maximum absolute atomic E-state index is 12.6. The summed E-state index contributed by atoms with van der Waals surface area (Å²) < 4.78 is 0. The molecule has 0 spiro atoms. The lowest BCUT2D eigenvalue weighted by Gasteiger charge is -2.23. The molecule has 0 aliphatic carbocycles. The predicted octanol–water partition coefficient (Wildman–Crippen LogP) is 4.47. The number of carbonyl (C=O) groups excluding carboxylic acids is 1. The first-order valence-electron chi connectivity index (χ1n) is 8.65. The van der Waals surface area contributed by atoms with Crippen LogP contribution in [0.5, 0.6) is 0 Å². The van der Waals surface area contributed by atoms with E-state index in [-0.39, 0.29) is 18.0 Å². The maximum Gasteiger partial charge on any atom is 0.243 e. The van der Waals surface area contributed by atoms with Crippen LogP contribution < -0.4 is 10.6 Å². The summed E-state index contributed by atoms with van der Waals surface area (Å²) in [5.41, 5.74) is 3.20. The van der Waals surface area contributed by atoms with Crippen LogP contribution in [0.1, 0.15) is 34.7 Å². The van der Waals surface area contributed by atoms with Gasteiger partial charge in [0.2, 0.25) is 5.91 Å². The van der Waals surface area contributed by atoms with E-state index in [2.05, 4.69) is 39.9 Å². The molecule has 0 aliphatic rings. The van der Waals surface area contributed by atoms with Crippen LogP contribution in [-0.2, 0) is 4.79 Å². The molecule has 1 heterocycles. The Balaban J connectivity index is 1.76. The van der Waals surface area contributed by atoms with Crippen LogP contribution in [0.15, 0.2) is 60.7 Å². The molecule has 0 fully saturated rings. The van der Waals surface area contributed by atoms with E-state index < -0.39 is 0 Å². The van der Waals surface area contributed by atoms with Gasteiger partial charge in [-0.1, -0.05) is 60.7 Å². The smallest absolute Gasteiger partial charge is 0.243 e. The number of benzene rings is 2. The first kappa shape index (κ1) is 18.3. The van der Waals surface area contributed by atoms with Gasteiger partial charge in [0.1, 0.15) is 0 Å². The second-order valence-corrected chi connectivity index (χ2v) is 7.50. The fourth-order valence-corrected chi connectivity index (χ4v) is 3.56. The molecule has 0 saturated carbocycles. The molecular weight excluding hydrogens is 342 g/mol. The zero-order chi connectivity index (χ0) is 18.5. The molecule has 1 unspecified atom stereocenters. The number of nitrogens with zero attached hydrogens (tertiary/aromatic N) is 1. The van der Waals surface area contributed by atoms with Gasteiger partial charge in [-0.15, -0.1) is 11.3 Å². The van der Waals surface area contributed by atoms with Crippen LogP contribution in [-0.4, -0.2) is 16.9 Å². The van der Waals surface area contributed by atoms with Gasteiger partial charge in [-0.2, -0.15) is 0 Å². The molecule has 3 rings (SSSR count). The van der Waals surface area contributed by atoms with Crippen LogP contribution in [0.4, 0.5) is 5.13 Å². The number of aryl methyl sites for hydroxylation is 2. The summed E-state index contributed by atoms with van der Waals surface area (Å²) >= 11 is 1.50. The summed E-state index contributed by atoms with van der Waals surface area (Å²) in [4.78, 5) is 18.1. The summed E-state index contributed by atoms with van der Waals surface area (Å²) in [5, 5.41) is 7.02. The van der Waals surface area contributed by atoms with Crippen molar-refractivity contribution < 1.29 is 4.79 Å². The second kappa shape index (κ2) is 8.25. The minimum absolute atomic E-state index is 0.0575. The Morgan fingerprint density at radius 2 is 1.50 bits per heavy atom. The Labute approximate surface area is 158 Å². The summed E-state index contributed by atoms with van der Waals surface area (Å²) in [5.74, 6) is -0.0874. The Bertz CT molecular complexity index is 802. The van der Waals surface area contributed by atoms with Gasteiger partial charge in [-0.3, -0.25) is 10.1 Å². The summed E-state index contributed by atoms with van der Waals surface area (Å²) in [6.45, 7) is 5.83. The molecule has 0 bridgehead atoms. The summed E-state index contributed by atoms with van der Waals surface area (Å²) in [6.07, 6.45) is 0. The molecule has 1 amide bonds. The minimum Gasteiger partial charge on any atom is -0.301 e. The van der Waals surface area contributed by atoms with E-state index >= 15 is 0 Å². The van der Waals surface area contributed by atoms with E-state index in [1.807, 2.05) is 57.2 Å². The number of amides is 1. The highest BCUT2D eigenvalue weighted by molar-refractivity contribution is 7.15. The van der Waals surface area contributed by atoms with E-state index in [1.54, 1.807) is 0 Å². The molecule has 2 N–H and O–H groups in total. The quantitative estimate of drug-likeness (QED) is 0.678. The second-order valence-electron chi connectivity index (χ2n) is 6.29. The van der Waals surface area contributed by atoms with Crippen molar-refractivity contribution in [2.45, 2.75) is 32.9 Å². The predicted molar refractivity (Wildman–Crippen MR) is 108 cm³/mol. The molecule has 0 saturated heterocycles. The zero-order valence-corrected chi connectivity index (χ0v) is 16.0. The van der Waals surface area contributed by atoms with Crippen molar-refractivity contribution in [2.24, 2.45) is 0 Å². The van der Waals surface area contributed by atoms with E-state index in [1.165, 1.54) is 11.3 Å². The zero-order valence-electron chi connectivity index (χ0n) is 15.2. The standard InChI is InChI=1S/C21H23N3OS/c1-14-16(3)26-21(23-14)24-20(25)15(2)22-19(17-10-6-4-7-11-17)18-12-8-5-9-13-18/h4-13,15,19,22H,1-3H3,(H,23,24,25). The first-order chi connectivity index (χ1) is 12.5. The normalized spacial score (nSPS) is 12.2. The van der Waals surface area contributed by atoms with Crippen molar-refractivity contribution in [1.29, 1.82) is 0 Å². The number of hydrogen-bond acceptors (Lipinski definition) is 4. The third kappa shape index (κ3) is 4.36. The number of carbonyl (C=O) groups is 1. The fourth-order valence-electron chi connectivity index (χ4n) is 2.74.